The van der Waals surface area contributed by atoms with E-state index in [2.05, 4.69) is 34.2 Å². The van der Waals surface area contributed by atoms with E-state index in [0.717, 1.165) is 44.3 Å². The standard InChI is InChI=1S/C14H26N4O/c1-4-14(5-2)11-18(9-6-8-15-14)10-7-13-16-12(3)17-19-13/h15H,4-11H2,1-3H3. The van der Waals surface area contributed by atoms with Gasteiger partial charge in [-0.15, -0.1) is 0 Å². The molecule has 2 heterocycles. The third-order valence-corrected chi connectivity index (χ3v) is 4.24. The van der Waals surface area contributed by atoms with Crippen molar-refractivity contribution in [2.24, 2.45) is 0 Å². The van der Waals surface area contributed by atoms with Crippen LogP contribution in [0.5, 0.6) is 0 Å². The van der Waals surface area contributed by atoms with Gasteiger partial charge in [0.1, 0.15) is 0 Å². The van der Waals surface area contributed by atoms with Gasteiger partial charge in [-0.3, -0.25) is 0 Å². The molecule has 0 aromatic carbocycles. The molecule has 108 valence electrons. The molecule has 1 aliphatic heterocycles. The molecule has 0 radical (unpaired) electrons. The molecule has 1 fully saturated rings. The number of aryl methyl sites for hydroxylation is 1. The zero-order valence-electron chi connectivity index (χ0n) is 12.4. The Bertz CT molecular complexity index is 387. The topological polar surface area (TPSA) is 54.2 Å². The Kier molecular flexibility index (Phi) is 4.93. The minimum Gasteiger partial charge on any atom is -0.339 e. The first-order chi connectivity index (χ1) is 9.17. The Morgan fingerprint density at radius 1 is 1.37 bits per heavy atom. The molecule has 0 amide bonds. The summed E-state index contributed by atoms with van der Waals surface area (Å²) in [6, 6.07) is 0. The van der Waals surface area contributed by atoms with Crippen LogP contribution in [0.15, 0.2) is 4.52 Å². The second kappa shape index (κ2) is 6.48. The van der Waals surface area contributed by atoms with Crippen LogP contribution in [0, 0.1) is 6.92 Å². The largest absolute Gasteiger partial charge is 0.339 e. The second-order valence-corrected chi connectivity index (χ2v) is 5.53. The maximum Gasteiger partial charge on any atom is 0.227 e. The summed E-state index contributed by atoms with van der Waals surface area (Å²) in [6.45, 7) is 10.8. The van der Waals surface area contributed by atoms with E-state index in [1.165, 1.54) is 19.3 Å². The van der Waals surface area contributed by atoms with Crippen molar-refractivity contribution in [1.29, 1.82) is 0 Å². The molecule has 1 aliphatic rings. The molecule has 0 unspecified atom stereocenters. The fourth-order valence-electron chi connectivity index (χ4n) is 2.83. The van der Waals surface area contributed by atoms with Crippen molar-refractivity contribution in [3.63, 3.8) is 0 Å². The molecule has 1 N–H and O–H groups in total. The molecule has 1 aromatic rings. The number of nitrogens with one attached hydrogen (secondary N) is 1. The average molecular weight is 266 g/mol. The van der Waals surface area contributed by atoms with Gasteiger partial charge < -0.3 is 14.7 Å². The first kappa shape index (κ1) is 14.5. The Hall–Kier alpha value is -0.940. The molecular formula is C14H26N4O. The van der Waals surface area contributed by atoms with Crippen LogP contribution in [-0.4, -0.2) is 46.8 Å². The molecule has 5 nitrogen and oxygen atoms in total. The highest BCUT2D eigenvalue weighted by Crippen LogP contribution is 2.19. The van der Waals surface area contributed by atoms with Gasteiger partial charge in [0.15, 0.2) is 5.82 Å². The fraction of sp³-hybridized carbons (Fsp3) is 0.857. The van der Waals surface area contributed by atoms with Crippen LogP contribution in [0.25, 0.3) is 0 Å². The normalized spacial score (nSPS) is 20.4. The zero-order valence-corrected chi connectivity index (χ0v) is 12.4. The summed E-state index contributed by atoms with van der Waals surface area (Å²) in [5.41, 5.74) is 0.279. The smallest absolute Gasteiger partial charge is 0.227 e. The van der Waals surface area contributed by atoms with E-state index in [0.29, 0.717) is 0 Å². The predicted molar refractivity (Wildman–Crippen MR) is 75.1 cm³/mol. The zero-order chi connectivity index (χ0) is 13.7. The molecule has 1 saturated heterocycles. The van der Waals surface area contributed by atoms with Crippen LogP contribution in [-0.2, 0) is 6.42 Å². The van der Waals surface area contributed by atoms with Crippen molar-refractivity contribution in [3.8, 4) is 0 Å². The third kappa shape index (κ3) is 3.76. The van der Waals surface area contributed by atoms with E-state index < -0.39 is 0 Å². The maximum absolute atomic E-state index is 5.19. The summed E-state index contributed by atoms with van der Waals surface area (Å²) in [4.78, 5) is 6.81. The molecule has 0 atom stereocenters. The Balaban J connectivity index is 1.91. The molecule has 0 bridgehead atoms. The van der Waals surface area contributed by atoms with Gasteiger partial charge in [0.05, 0.1) is 0 Å². The lowest BCUT2D eigenvalue weighted by atomic mass is 9.92. The van der Waals surface area contributed by atoms with Gasteiger partial charge in [-0.1, -0.05) is 19.0 Å². The van der Waals surface area contributed by atoms with Crippen LogP contribution < -0.4 is 5.32 Å². The molecule has 19 heavy (non-hydrogen) atoms. The summed E-state index contributed by atoms with van der Waals surface area (Å²) in [5, 5.41) is 7.58. The number of aromatic nitrogens is 2. The second-order valence-electron chi connectivity index (χ2n) is 5.53. The highest BCUT2D eigenvalue weighted by atomic mass is 16.5. The minimum absolute atomic E-state index is 0.279. The molecule has 1 aromatic heterocycles. The molecule has 0 spiro atoms. The lowest BCUT2D eigenvalue weighted by Crippen LogP contribution is -2.50. The number of rotatable bonds is 5. The molecular weight excluding hydrogens is 240 g/mol. The van der Waals surface area contributed by atoms with Crippen molar-refractivity contribution >= 4 is 0 Å². The Morgan fingerprint density at radius 2 is 2.16 bits per heavy atom. The van der Waals surface area contributed by atoms with Gasteiger partial charge in [-0.05, 0) is 39.3 Å². The minimum atomic E-state index is 0.279. The molecule has 0 aliphatic carbocycles. The van der Waals surface area contributed by atoms with Gasteiger partial charge >= 0.3 is 0 Å². The average Bonchev–Trinajstić information content (AvgIpc) is 2.73. The van der Waals surface area contributed by atoms with Crippen molar-refractivity contribution in [1.82, 2.24) is 20.4 Å². The summed E-state index contributed by atoms with van der Waals surface area (Å²) in [7, 11) is 0. The summed E-state index contributed by atoms with van der Waals surface area (Å²) in [5.74, 6) is 1.48. The first-order valence-electron chi connectivity index (χ1n) is 7.44. The van der Waals surface area contributed by atoms with Crippen molar-refractivity contribution in [2.45, 2.75) is 52.0 Å². The SMILES string of the molecule is CCC1(CC)CN(CCc2nc(C)no2)CCCN1. The molecule has 5 heteroatoms. The van der Waals surface area contributed by atoms with E-state index in [-0.39, 0.29) is 5.54 Å². The summed E-state index contributed by atoms with van der Waals surface area (Å²) >= 11 is 0. The van der Waals surface area contributed by atoms with Gasteiger partial charge in [0.25, 0.3) is 0 Å². The Labute approximate surface area is 115 Å². The fourth-order valence-corrected chi connectivity index (χ4v) is 2.83. The van der Waals surface area contributed by atoms with Crippen molar-refractivity contribution in [2.75, 3.05) is 26.2 Å². The van der Waals surface area contributed by atoms with Gasteiger partial charge in [0, 0.05) is 25.0 Å². The van der Waals surface area contributed by atoms with E-state index in [9.17, 15) is 0 Å². The van der Waals surface area contributed by atoms with E-state index in [4.69, 9.17) is 4.52 Å². The third-order valence-electron chi connectivity index (χ3n) is 4.24. The van der Waals surface area contributed by atoms with Crippen LogP contribution >= 0.6 is 0 Å². The van der Waals surface area contributed by atoms with Crippen molar-refractivity contribution in [3.05, 3.63) is 11.7 Å². The van der Waals surface area contributed by atoms with E-state index in [1.807, 2.05) is 6.92 Å². The number of hydrogen-bond acceptors (Lipinski definition) is 5. The van der Waals surface area contributed by atoms with Gasteiger partial charge in [0.2, 0.25) is 5.89 Å². The van der Waals surface area contributed by atoms with E-state index in [1.54, 1.807) is 0 Å². The number of hydrogen-bond donors (Lipinski definition) is 1. The predicted octanol–water partition coefficient (Wildman–Crippen LogP) is 1.77. The van der Waals surface area contributed by atoms with Gasteiger partial charge in [-0.2, -0.15) is 4.98 Å². The van der Waals surface area contributed by atoms with E-state index >= 15 is 0 Å². The molecule has 0 saturated carbocycles. The summed E-state index contributed by atoms with van der Waals surface area (Å²) in [6.07, 6.45) is 4.42. The van der Waals surface area contributed by atoms with Crippen LogP contribution in [0.1, 0.15) is 44.8 Å². The highest BCUT2D eigenvalue weighted by molar-refractivity contribution is 4.92. The maximum atomic E-state index is 5.19. The van der Waals surface area contributed by atoms with Crippen LogP contribution in [0.4, 0.5) is 0 Å². The lowest BCUT2D eigenvalue weighted by molar-refractivity contribution is 0.194. The summed E-state index contributed by atoms with van der Waals surface area (Å²) < 4.78 is 5.19. The first-order valence-corrected chi connectivity index (χ1v) is 7.44. The van der Waals surface area contributed by atoms with Crippen molar-refractivity contribution < 1.29 is 4.52 Å². The Morgan fingerprint density at radius 3 is 2.79 bits per heavy atom. The van der Waals surface area contributed by atoms with Gasteiger partial charge in [-0.25, -0.2) is 0 Å². The van der Waals surface area contributed by atoms with Crippen LogP contribution in [0.3, 0.4) is 0 Å². The monoisotopic (exact) mass is 266 g/mol. The highest BCUT2D eigenvalue weighted by Gasteiger charge is 2.30. The lowest BCUT2D eigenvalue weighted by Gasteiger charge is -2.35. The van der Waals surface area contributed by atoms with Crippen LogP contribution in [0.2, 0.25) is 0 Å². The quantitative estimate of drug-likeness (QED) is 0.880. The molecule has 2 rings (SSSR count). The number of nitrogens with zero attached hydrogens (tertiary/aromatic N) is 3.